The summed E-state index contributed by atoms with van der Waals surface area (Å²) in [4.78, 5) is 24.2. The fourth-order valence-electron chi connectivity index (χ4n) is 2.93. The summed E-state index contributed by atoms with van der Waals surface area (Å²) in [5.74, 6) is 0.00251. The summed E-state index contributed by atoms with van der Waals surface area (Å²) < 4.78 is 5.35. The maximum Gasteiger partial charge on any atom is 0.338 e. The minimum atomic E-state index is -0.499. The van der Waals surface area contributed by atoms with Crippen LogP contribution in [0.25, 0.3) is 0 Å². The summed E-state index contributed by atoms with van der Waals surface area (Å²) in [6.45, 7) is 5.55. The van der Waals surface area contributed by atoms with E-state index in [9.17, 15) is 9.59 Å². The second kappa shape index (κ2) is 7.26. The molecule has 0 amide bonds. The number of rotatable bonds is 3. The average molecular weight is 317 g/mol. The lowest BCUT2D eigenvalue weighted by Gasteiger charge is -2.19. The van der Waals surface area contributed by atoms with E-state index in [0.29, 0.717) is 12.0 Å². The number of benzene rings is 1. The van der Waals surface area contributed by atoms with Crippen molar-refractivity contribution in [3.8, 4) is 0 Å². The average Bonchev–Trinajstić information content (AvgIpc) is 2.59. The van der Waals surface area contributed by atoms with Crippen LogP contribution in [0.4, 0.5) is 0 Å². The Morgan fingerprint density at radius 1 is 1.22 bits per heavy atom. The van der Waals surface area contributed by atoms with Crippen LogP contribution in [0.5, 0.6) is 0 Å². The van der Waals surface area contributed by atoms with Crippen LogP contribution >= 0.6 is 0 Å². The van der Waals surface area contributed by atoms with Crippen LogP contribution in [0.15, 0.2) is 24.3 Å². The van der Waals surface area contributed by atoms with E-state index in [2.05, 4.69) is 0 Å². The van der Waals surface area contributed by atoms with Crippen LogP contribution in [0.3, 0.4) is 0 Å². The largest absolute Gasteiger partial charge is 0.456 e. The number of carbonyl (C=O) groups is 2. The zero-order valence-corrected chi connectivity index (χ0v) is 14.3. The molecule has 1 aliphatic rings. The number of hydrogen-bond acceptors (Lipinski definition) is 4. The quantitative estimate of drug-likeness (QED) is 0.686. The maximum atomic E-state index is 12.2. The van der Waals surface area contributed by atoms with Crippen molar-refractivity contribution in [2.24, 2.45) is 11.7 Å². The molecule has 1 fully saturated rings. The number of carbonyl (C=O) groups excluding carboxylic acids is 2. The van der Waals surface area contributed by atoms with E-state index < -0.39 is 5.60 Å². The SMILES string of the molecule is CC(C)(C)OC(=O)c1ccc(CC2CCCC(N)CC2=O)cc1. The Kier molecular flexibility index (Phi) is 5.58. The molecule has 0 aromatic heterocycles. The standard InChI is InChI=1S/C19H27NO3/c1-19(2,3)23-18(22)14-9-7-13(8-10-14)11-15-5-4-6-16(20)12-17(15)21/h7-10,15-16H,4-6,11-12,20H2,1-3H3. The van der Waals surface area contributed by atoms with Crippen LogP contribution in [-0.2, 0) is 16.0 Å². The van der Waals surface area contributed by atoms with Gasteiger partial charge in [0.25, 0.3) is 0 Å². The van der Waals surface area contributed by atoms with Gasteiger partial charge in [0.05, 0.1) is 5.56 Å². The summed E-state index contributed by atoms with van der Waals surface area (Å²) in [6.07, 6.45) is 4.05. The van der Waals surface area contributed by atoms with Crippen molar-refractivity contribution in [3.05, 3.63) is 35.4 Å². The maximum absolute atomic E-state index is 12.2. The molecule has 0 bridgehead atoms. The number of esters is 1. The first-order valence-electron chi connectivity index (χ1n) is 8.35. The lowest BCUT2D eigenvalue weighted by Crippen LogP contribution is -2.24. The van der Waals surface area contributed by atoms with Crippen molar-refractivity contribution in [3.63, 3.8) is 0 Å². The molecular weight excluding hydrogens is 290 g/mol. The molecular formula is C19H27NO3. The third-order valence-corrected chi connectivity index (χ3v) is 4.12. The highest BCUT2D eigenvalue weighted by Gasteiger charge is 2.24. The molecule has 0 saturated heterocycles. The smallest absolute Gasteiger partial charge is 0.338 e. The first-order chi connectivity index (χ1) is 10.7. The molecule has 23 heavy (non-hydrogen) atoms. The first-order valence-corrected chi connectivity index (χ1v) is 8.35. The Balaban J connectivity index is 1.99. The number of Topliss-reactive ketones (excluding diaryl/α,β-unsaturated/α-hetero) is 1. The molecule has 4 nitrogen and oxygen atoms in total. The van der Waals surface area contributed by atoms with E-state index >= 15 is 0 Å². The van der Waals surface area contributed by atoms with Crippen LogP contribution in [0.1, 0.15) is 62.4 Å². The summed E-state index contributed by atoms with van der Waals surface area (Å²) in [7, 11) is 0. The highest BCUT2D eigenvalue weighted by atomic mass is 16.6. The second-order valence-corrected chi connectivity index (χ2v) is 7.46. The van der Waals surface area contributed by atoms with E-state index in [4.69, 9.17) is 10.5 Å². The predicted octanol–water partition coefficient (Wildman–Crippen LogP) is 3.27. The van der Waals surface area contributed by atoms with Crippen LogP contribution in [0.2, 0.25) is 0 Å². The third kappa shape index (κ3) is 5.47. The lowest BCUT2D eigenvalue weighted by molar-refractivity contribution is -0.122. The van der Waals surface area contributed by atoms with Crippen molar-refractivity contribution in [1.82, 2.24) is 0 Å². The Morgan fingerprint density at radius 2 is 1.87 bits per heavy atom. The van der Waals surface area contributed by atoms with Crippen molar-refractivity contribution < 1.29 is 14.3 Å². The Bertz CT molecular complexity index is 557. The molecule has 1 aliphatic carbocycles. The Hall–Kier alpha value is -1.68. The van der Waals surface area contributed by atoms with Gasteiger partial charge in [0.15, 0.2) is 0 Å². The molecule has 1 aromatic carbocycles. The summed E-state index contributed by atoms with van der Waals surface area (Å²) >= 11 is 0. The summed E-state index contributed by atoms with van der Waals surface area (Å²) in [6, 6.07) is 7.39. The normalized spacial score (nSPS) is 22.5. The van der Waals surface area contributed by atoms with Gasteiger partial charge in [-0.15, -0.1) is 0 Å². The third-order valence-electron chi connectivity index (χ3n) is 4.12. The fraction of sp³-hybridized carbons (Fsp3) is 0.579. The Labute approximate surface area is 138 Å². The summed E-state index contributed by atoms with van der Waals surface area (Å²) in [5, 5.41) is 0. The summed E-state index contributed by atoms with van der Waals surface area (Å²) in [5.41, 5.74) is 7.03. The minimum Gasteiger partial charge on any atom is -0.456 e. The van der Waals surface area contributed by atoms with Gasteiger partial charge in [-0.2, -0.15) is 0 Å². The number of hydrogen-bond donors (Lipinski definition) is 1. The molecule has 0 radical (unpaired) electrons. The molecule has 1 aromatic rings. The van der Waals surface area contributed by atoms with Gasteiger partial charge in [-0.3, -0.25) is 4.79 Å². The van der Waals surface area contributed by atoms with Crippen molar-refractivity contribution in [2.45, 2.75) is 64.5 Å². The van der Waals surface area contributed by atoms with Gasteiger partial charge >= 0.3 is 5.97 Å². The topological polar surface area (TPSA) is 69.4 Å². The highest BCUT2D eigenvalue weighted by Crippen LogP contribution is 2.23. The molecule has 0 heterocycles. The Morgan fingerprint density at radius 3 is 2.48 bits per heavy atom. The highest BCUT2D eigenvalue weighted by molar-refractivity contribution is 5.89. The van der Waals surface area contributed by atoms with Crippen LogP contribution in [0, 0.1) is 5.92 Å². The second-order valence-electron chi connectivity index (χ2n) is 7.46. The lowest BCUT2D eigenvalue weighted by atomic mass is 9.91. The number of ether oxygens (including phenoxy) is 1. The molecule has 1 saturated carbocycles. The molecule has 126 valence electrons. The van der Waals surface area contributed by atoms with E-state index in [-0.39, 0.29) is 23.7 Å². The number of ketones is 1. The van der Waals surface area contributed by atoms with Gasteiger partial charge < -0.3 is 10.5 Å². The molecule has 0 spiro atoms. The predicted molar refractivity (Wildman–Crippen MR) is 90.3 cm³/mol. The van der Waals surface area contributed by atoms with Crippen LogP contribution < -0.4 is 5.73 Å². The molecule has 2 unspecified atom stereocenters. The van der Waals surface area contributed by atoms with Crippen LogP contribution in [-0.4, -0.2) is 23.4 Å². The fourth-order valence-corrected chi connectivity index (χ4v) is 2.93. The molecule has 4 heteroatoms. The molecule has 2 N–H and O–H groups in total. The minimum absolute atomic E-state index is 0.0158. The van der Waals surface area contributed by atoms with Gasteiger partial charge in [-0.1, -0.05) is 18.6 Å². The van der Waals surface area contributed by atoms with E-state index in [1.807, 2.05) is 32.9 Å². The zero-order chi connectivity index (χ0) is 17.0. The molecule has 0 aliphatic heterocycles. The molecule has 2 rings (SSSR count). The van der Waals surface area contributed by atoms with Gasteiger partial charge in [0.2, 0.25) is 0 Å². The van der Waals surface area contributed by atoms with Crippen molar-refractivity contribution >= 4 is 11.8 Å². The van der Waals surface area contributed by atoms with E-state index in [0.717, 1.165) is 31.2 Å². The number of nitrogens with two attached hydrogens (primary N) is 1. The molecule has 2 atom stereocenters. The van der Waals surface area contributed by atoms with Crippen molar-refractivity contribution in [1.29, 1.82) is 0 Å². The van der Waals surface area contributed by atoms with Gasteiger partial charge in [-0.05, 0) is 57.7 Å². The van der Waals surface area contributed by atoms with Gasteiger partial charge in [0, 0.05) is 18.4 Å². The monoisotopic (exact) mass is 317 g/mol. The van der Waals surface area contributed by atoms with Gasteiger partial charge in [0.1, 0.15) is 11.4 Å². The van der Waals surface area contributed by atoms with Gasteiger partial charge in [-0.25, -0.2) is 4.79 Å². The van der Waals surface area contributed by atoms with E-state index in [1.54, 1.807) is 12.1 Å². The van der Waals surface area contributed by atoms with E-state index in [1.165, 1.54) is 0 Å². The van der Waals surface area contributed by atoms with Crippen molar-refractivity contribution in [2.75, 3.05) is 0 Å². The first kappa shape index (κ1) is 17.7. The zero-order valence-electron chi connectivity index (χ0n) is 14.3.